The molecule has 0 spiro atoms. The number of carbonyl (C=O) groups excluding carboxylic acids is 1. The molecule has 0 saturated carbocycles. The van der Waals surface area contributed by atoms with Gasteiger partial charge in [-0.05, 0) is 31.2 Å². The molecule has 1 unspecified atom stereocenters. The van der Waals surface area contributed by atoms with E-state index in [1.54, 1.807) is 31.2 Å². The summed E-state index contributed by atoms with van der Waals surface area (Å²) in [6.07, 6.45) is 2.98. The second kappa shape index (κ2) is 6.93. The third-order valence-electron chi connectivity index (χ3n) is 3.04. The zero-order valence-corrected chi connectivity index (χ0v) is 14.1. The fraction of sp³-hybridized carbons (Fsp3) is 0.143. The average molecular weight is 365 g/mol. The maximum Gasteiger partial charge on any atom is 0.238 e. The van der Waals surface area contributed by atoms with Gasteiger partial charge in [-0.3, -0.25) is 4.79 Å². The van der Waals surface area contributed by atoms with Gasteiger partial charge in [-0.25, -0.2) is 9.66 Å². The minimum Gasteiger partial charge on any atom is -0.461 e. The molecule has 3 aromatic heterocycles. The third-order valence-corrected chi connectivity index (χ3v) is 4.32. The summed E-state index contributed by atoms with van der Waals surface area (Å²) in [5.74, 6) is 7.03. The van der Waals surface area contributed by atoms with Crippen LogP contribution in [0.15, 0.2) is 46.3 Å². The van der Waals surface area contributed by atoms with Gasteiger partial charge >= 0.3 is 0 Å². The van der Waals surface area contributed by atoms with Crippen LogP contribution < -0.4 is 11.2 Å². The standard InChI is InChI=1S/C14H13ClN6O2S/c1-8(13(22)18-11-5-4-9(15)7-17-11)24-14-20-19-12(21(14)16)10-3-2-6-23-10/h2-8H,16H2,1H3,(H,17,18,22). The molecule has 24 heavy (non-hydrogen) atoms. The van der Waals surface area contributed by atoms with Crippen molar-refractivity contribution in [1.82, 2.24) is 19.9 Å². The van der Waals surface area contributed by atoms with Crippen LogP contribution in [0.4, 0.5) is 5.82 Å². The van der Waals surface area contributed by atoms with Gasteiger partial charge in [0.05, 0.1) is 16.5 Å². The van der Waals surface area contributed by atoms with E-state index in [0.717, 1.165) is 0 Å². The molecule has 0 aliphatic carbocycles. The van der Waals surface area contributed by atoms with Crippen LogP contribution in [0.2, 0.25) is 5.02 Å². The molecule has 0 aliphatic rings. The quantitative estimate of drug-likeness (QED) is 0.528. The predicted molar refractivity (Wildman–Crippen MR) is 91.1 cm³/mol. The van der Waals surface area contributed by atoms with Gasteiger partial charge in [0.1, 0.15) is 5.82 Å². The molecule has 0 aromatic carbocycles. The highest BCUT2D eigenvalue weighted by molar-refractivity contribution is 8.00. The molecular weight excluding hydrogens is 352 g/mol. The number of carbonyl (C=O) groups is 1. The van der Waals surface area contributed by atoms with E-state index < -0.39 is 5.25 Å². The van der Waals surface area contributed by atoms with E-state index >= 15 is 0 Å². The molecule has 1 amide bonds. The number of nitrogens with two attached hydrogens (primary N) is 1. The fourth-order valence-corrected chi connectivity index (χ4v) is 2.70. The smallest absolute Gasteiger partial charge is 0.238 e. The fourth-order valence-electron chi connectivity index (χ4n) is 1.82. The summed E-state index contributed by atoms with van der Waals surface area (Å²) in [4.78, 5) is 16.2. The van der Waals surface area contributed by atoms with Crippen LogP contribution in [0.1, 0.15) is 6.92 Å². The van der Waals surface area contributed by atoms with Crippen molar-refractivity contribution in [1.29, 1.82) is 0 Å². The molecule has 1 atom stereocenters. The van der Waals surface area contributed by atoms with Gasteiger partial charge in [0, 0.05) is 6.20 Å². The van der Waals surface area contributed by atoms with Crippen molar-refractivity contribution >= 4 is 35.1 Å². The van der Waals surface area contributed by atoms with Crippen molar-refractivity contribution in [2.24, 2.45) is 0 Å². The van der Waals surface area contributed by atoms with Crippen LogP contribution in [0.3, 0.4) is 0 Å². The van der Waals surface area contributed by atoms with Gasteiger partial charge in [-0.15, -0.1) is 10.2 Å². The molecule has 124 valence electrons. The van der Waals surface area contributed by atoms with Crippen LogP contribution >= 0.6 is 23.4 Å². The largest absolute Gasteiger partial charge is 0.461 e. The third kappa shape index (κ3) is 3.52. The number of hydrogen-bond donors (Lipinski definition) is 2. The molecule has 3 N–H and O–H groups in total. The van der Waals surface area contributed by atoms with Crippen LogP contribution in [-0.4, -0.2) is 31.0 Å². The van der Waals surface area contributed by atoms with Crippen LogP contribution in [0.5, 0.6) is 0 Å². The second-order valence-corrected chi connectivity index (χ2v) is 6.51. The molecule has 0 radical (unpaired) electrons. The van der Waals surface area contributed by atoms with E-state index in [2.05, 4.69) is 20.5 Å². The highest BCUT2D eigenvalue weighted by atomic mass is 35.5. The Kier molecular flexibility index (Phi) is 4.72. The topological polar surface area (TPSA) is 112 Å². The summed E-state index contributed by atoms with van der Waals surface area (Å²) in [5.41, 5.74) is 0. The SMILES string of the molecule is CC(Sc1nnc(-c2ccco2)n1N)C(=O)Nc1ccc(Cl)cn1. The number of anilines is 1. The summed E-state index contributed by atoms with van der Waals surface area (Å²) < 4.78 is 6.53. The Labute approximate surface area is 146 Å². The van der Waals surface area contributed by atoms with E-state index in [1.807, 2.05) is 0 Å². The Morgan fingerprint density at radius 1 is 1.42 bits per heavy atom. The number of hydrogen-bond acceptors (Lipinski definition) is 7. The zero-order valence-electron chi connectivity index (χ0n) is 12.5. The molecular formula is C14H13ClN6O2S. The number of rotatable bonds is 5. The highest BCUT2D eigenvalue weighted by Crippen LogP contribution is 2.25. The van der Waals surface area contributed by atoms with Crippen molar-refractivity contribution in [3.8, 4) is 11.6 Å². The van der Waals surface area contributed by atoms with E-state index in [9.17, 15) is 4.79 Å². The molecule has 0 bridgehead atoms. The molecule has 0 aliphatic heterocycles. The van der Waals surface area contributed by atoms with Crippen LogP contribution in [-0.2, 0) is 4.79 Å². The van der Waals surface area contributed by atoms with Gasteiger partial charge < -0.3 is 15.6 Å². The first-order chi connectivity index (χ1) is 11.5. The van der Waals surface area contributed by atoms with E-state index in [0.29, 0.717) is 27.6 Å². The Balaban J connectivity index is 1.67. The average Bonchev–Trinajstić information content (AvgIpc) is 3.20. The number of furan rings is 1. The lowest BCUT2D eigenvalue weighted by Crippen LogP contribution is -2.24. The lowest BCUT2D eigenvalue weighted by atomic mass is 10.4. The van der Waals surface area contributed by atoms with Gasteiger partial charge in [-0.1, -0.05) is 23.4 Å². The number of nitrogens with zero attached hydrogens (tertiary/aromatic N) is 4. The van der Waals surface area contributed by atoms with E-state index in [1.165, 1.54) is 28.9 Å². The van der Waals surface area contributed by atoms with Gasteiger partial charge in [-0.2, -0.15) is 0 Å². The van der Waals surface area contributed by atoms with Crippen molar-refractivity contribution in [3.63, 3.8) is 0 Å². The maximum absolute atomic E-state index is 12.2. The zero-order chi connectivity index (χ0) is 17.1. The van der Waals surface area contributed by atoms with Gasteiger partial charge in [0.2, 0.25) is 16.9 Å². The molecule has 3 aromatic rings. The van der Waals surface area contributed by atoms with Gasteiger partial charge in [0.25, 0.3) is 0 Å². The van der Waals surface area contributed by atoms with Crippen LogP contribution in [0, 0.1) is 0 Å². The Morgan fingerprint density at radius 2 is 2.25 bits per heavy atom. The molecule has 0 fully saturated rings. The van der Waals surface area contributed by atoms with Crippen molar-refractivity contribution < 1.29 is 9.21 Å². The Hall–Kier alpha value is -2.52. The maximum atomic E-state index is 12.2. The summed E-state index contributed by atoms with van der Waals surface area (Å²) in [7, 11) is 0. The van der Waals surface area contributed by atoms with E-state index in [-0.39, 0.29) is 5.91 Å². The monoisotopic (exact) mass is 364 g/mol. The lowest BCUT2D eigenvalue weighted by molar-refractivity contribution is -0.115. The number of amides is 1. The number of aromatic nitrogens is 4. The molecule has 3 rings (SSSR count). The molecule has 0 saturated heterocycles. The van der Waals surface area contributed by atoms with Crippen molar-refractivity contribution in [3.05, 3.63) is 41.7 Å². The molecule has 3 heterocycles. The Morgan fingerprint density at radius 3 is 2.92 bits per heavy atom. The first-order valence-electron chi connectivity index (χ1n) is 6.88. The Bertz CT molecular complexity index is 834. The van der Waals surface area contributed by atoms with Gasteiger partial charge in [0.15, 0.2) is 5.76 Å². The number of nitrogen functional groups attached to an aromatic ring is 1. The number of pyridine rings is 1. The van der Waals surface area contributed by atoms with Crippen molar-refractivity contribution in [2.75, 3.05) is 11.2 Å². The van der Waals surface area contributed by atoms with E-state index in [4.69, 9.17) is 21.9 Å². The first kappa shape index (κ1) is 16.3. The number of thioether (sulfide) groups is 1. The van der Waals surface area contributed by atoms with Crippen LogP contribution in [0.25, 0.3) is 11.6 Å². The minimum absolute atomic E-state index is 0.239. The number of nitrogens with one attached hydrogen (secondary N) is 1. The first-order valence-corrected chi connectivity index (χ1v) is 8.14. The number of halogens is 1. The van der Waals surface area contributed by atoms with Crippen molar-refractivity contribution in [2.45, 2.75) is 17.3 Å². The second-order valence-electron chi connectivity index (χ2n) is 4.76. The minimum atomic E-state index is -0.460. The summed E-state index contributed by atoms with van der Waals surface area (Å²) in [5, 5.41) is 11.1. The molecule has 8 nitrogen and oxygen atoms in total. The lowest BCUT2D eigenvalue weighted by Gasteiger charge is -2.10. The normalized spacial score (nSPS) is 12.1. The summed E-state index contributed by atoms with van der Waals surface area (Å²) in [6, 6.07) is 6.72. The predicted octanol–water partition coefficient (Wildman–Crippen LogP) is 2.42. The summed E-state index contributed by atoms with van der Waals surface area (Å²) in [6.45, 7) is 1.73. The highest BCUT2D eigenvalue weighted by Gasteiger charge is 2.21. The molecule has 10 heteroatoms. The summed E-state index contributed by atoms with van der Waals surface area (Å²) >= 11 is 6.94.